The predicted octanol–water partition coefficient (Wildman–Crippen LogP) is 1.01. The molecule has 0 aliphatic carbocycles. The van der Waals surface area contributed by atoms with E-state index in [4.69, 9.17) is 5.11 Å². The van der Waals surface area contributed by atoms with E-state index in [0.29, 0.717) is 12.4 Å². The lowest BCUT2D eigenvalue weighted by Gasteiger charge is -2.13. The topological polar surface area (TPSA) is 70.1 Å². The number of nitrogens with zero attached hydrogens (tertiary/aromatic N) is 2. The van der Waals surface area contributed by atoms with Crippen molar-refractivity contribution in [3.63, 3.8) is 0 Å². The maximum absolute atomic E-state index is 8.78. The zero-order chi connectivity index (χ0) is 11.3. The quantitative estimate of drug-likeness (QED) is 0.676. The summed E-state index contributed by atoms with van der Waals surface area (Å²) in [6.45, 7) is 4.11. The SMILES string of the molecule is CNc1nc(C)cc(NC(C)CCO)n1. The van der Waals surface area contributed by atoms with Gasteiger partial charge in [-0.05, 0) is 20.3 Å². The van der Waals surface area contributed by atoms with Crippen LogP contribution in [0.5, 0.6) is 0 Å². The smallest absolute Gasteiger partial charge is 0.224 e. The Bertz CT molecular complexity index is 316. The molecule has 0 radical (unpaired) electrons. The number of hydrogen-bond acceptors (Lipinski definition) is 5. The highest BCUT2D eigenvalue weighted by atomic mass is 16.3. The number of aliphatic hydroxyl groups excluding tert-OH is 1. The fraction of sp³-hybridized carbons (Fsp3) is 0.600. The summed E-state index contributed by atoms with van der Waals surface area (Å²) >= 11 is 0. The van der Waals surface area contributed by atoms with Crippen molar-refractivity contribution < 1.29 is 5.11 Å². The molecule has 0 amide bonds. The first-order chi connectivity index (χ1) is 7.15. The maximum Gasteiger partial charge on any atom is 0.224 e. The molecule has 0 aliphatic heterocycles. The Morgan fingerprint density at radius 2 is 2.20 bits per heavy atom. The molecule has 15 heavy (non-hydrogen) atoms. The summed E-state index contributed by atoms with van der Waals surface area (Å²) in [5, 5.41) is 14.9. The molecular weight excluding hydrogens is 192 g/mol. The van der Waals surface area contributed by atoms with E-state index in [1.54, 1.807) is 7.05 Å². The standard InChI is InChI=1S/C10H18N4O/c1-7(4-5-15)12-9-6-8(2)13-10(11-3)14-9/h6-7,15H,4-5H2,1-3H3,(H2,11,12,13,14). The van der Waals surface area contributed by atoms with Crippen molar-refractivity contribution in [2.24, 2.45) is 0 Å². The molecule has 0 bridgehead atoms. The fourth-order valence-electron chi connectivity index (χ4n) is 1.27. The van der Waals surface area contributed by atoms with E-state index in [0.717, 1.165) is 11.5 Å². The second-order valence-electron chi connectivity index (χ2n) is 3.53. The number of hydrogen-bond donors (Lipinski definition) is 3. The van der Waals surface area contributed by atoms with E-state index in [1.807, 2.05) is 19.9 Å². The number of rotatable bonds is 5. The van der Waals surface area contributed by atoms with Gasteiger partial charge in [-0.2, -0.15) is 4.98 Å². The lowest BCUT2D eigenvalue weighted by atomic mass is 10.2. The third-order valence-electron chi connectivity index (χ3n) is 2.03. The van der Waals surface area contributed by atoms with Gasteiger partial charge in [-0.3, -0.25) is 0 Å². The minimum absolute atomic E-state index is 0.178. The van der Waals surface area contributed by atoms with Gasteiger partial charge in [0.2, 0.25) is 5.95 Å². The highest BCUT2D eigenvalue weighted by Gasteiger charge is 2.04. The number of aliphatic hydroxyl groups is 1. The van der Waals surface area contributed by atoms with Crippen molar-refractivity contribution in [2.75, 3.05) is 24.3 Å². The van der Waals surface area contributed by atoms with Crippen LogP contribution in [0.1, 0.15) is 19.0 Å². The van der Waals surface area contributed by atoms with Gasteiger partial charge in [0, 0.05) is 31.5 Å². The highest BCUT2D eigenvalue weighted by molar-refractivity contribution is 5.42. The average molecular weight is 210 g/mol. The Hall–Kier alpha value is -1.36. The normalized spacial score (nSPS) is 12.3. The first-order valence-electron chi connectivity index (χ1n) is 5.06. The summed E-state index contributed by atoms with van der Waals surface area (Å²) in [4.78, 5) is 8.45. The molecule has 0 aromatic carbocycles. The van der Waals surface area contributed by atoms with Crippen molar-refractivity contribution in [1.82, 2.24) is 9.97 Å². The summed E-state index contributed by atoms with van der Waals surface area (Å²) in [7, 11) is 1.79. The third-order valence-corrected chi connectivity index (χ3v) is 2.03. The second-order valence-corrected chi connectivity index (χ2v) is 3.53. The van der Waals surface area contributed by atoms with Gasteiger partial charge >= 0.3 is 0 Å². The van der Waals surface area contributed by atoms with Gasteiger partial charge in [-0.15, -0.1) is 0 Å². The molecule has 84 valence electrons. The molecule has 1 aromatic heterocycles. The van der Waals surface area contributed by atoms with Crippen LogP contribution in [0.3, 0.4) is 0 Å². The molecule has 0 fully saturated rings. The van der Waals surface area contributed by atoms with Crippen LogP contribution in [0.2, 0.25) is 0 Å². The summed E-state index contributed by atoms with van der Waals surface area (Å²) in [5.74, 6) is 1.39. The Labute approximate surface area is 90.0 Å². The van der Waals surface area contributed by atoms with E-state index in [-0.39, 0.29) is 12.6 Å². The van der Waals surface area contributed by atoms with E-state index in [1.165, 1.54) is 0 Å². The zero-order valence-electron chi connectivity index (χ0n) is 9.41. The van der Waals surface area contributed by atoms with Gasteiger partial charge < -0.3 is 15.7 Å². The van der Waals surface area contributed by atoms with Gasteiger partial charge in [0.15, 0.2) is 0 Å². The van der Waals surface area contributed by atoms with Crippen LogP contribution in [-0.2, 0) is 0 Å². The molecular formula is C10H18N4O. The number of nitrogens with one attached hydrogen (secondary N) is 2. The van der Waals surface area contributed by atoms with Crippen molar-refractivity contribution in [1.29, 1.82) is 0 Å². The first kappa shape index (κ1) is 11.7. The molecule has 0 saturated carbocycles. The zero-order valence-corrected chi connectivity index (χ0v) is 9.41. The van der Waals surface area contributed by atoms with Gasteiger partial charge in [0.1, 0.15) is 5.82 Å². The van der Waals surface area contributed by atoms with E-state index >= 15 is 0 Å². The van der Waals surface area contributed by atoms with Crippen LogP contribution in [0, 0.1) is 6.92 Å². The second kappa shape index (κ2) is 5.50. The van der Waals surface area contributed by atoms with Crippen molar-refractivity contribution in [3.05, 3.63) is 11.8 Å². The molecule has 0 saturated heterocycles. The molecule has 5 heteroatoms. The molecule has 1 heterocycles. The third kappa shape index (κ3) is 3.71. The predicted molar refractivity (Wildman–Crippen MR) is 61.1 cm³/mol. The van der Waals surface area contributed by atoms with Gasteiger partial charge in [0.25, 0.3) is 0 Å². The van der Waals surface area contributed by atoms with Crippen molar-refractivity contribution >= 4 is 11.8 Å². The van der Waals surface area contributed by atoms with E-state index in [9.17, 15) is 0 Å². The minimum Gasteiger partial charge on any atom is -0.396 e. The number of aryl methyl sites for hydroxylation is 1. The monoisotopic (exact) mass is 210 g/mol. The van der Waals surface area contributed by atoms with Crippen molar-refractivity contribution in [2.45, 2.75) is 26.3 Å². The molecule has 1 unspecified atom stereocenters. The van der Waals surface area contributed by atoms with E-state index < -0.39 is 0 Å². The van der Waals surface area contributed by atoms with E-state index in [2.05, 4.69) is 20.6 Å². The first-order valence-corrected chi connectivity index (χ1v) is 5.06. The molecule has 1 rings (SSSR count). The van der Waals surface area contributed by atoms with Crippen molar-refractivity contribution in [3.8, 4) is 0 Å². The Morgan fingerprint density at radius 3 is 2.80 bits per heavy atom. The molecule has 1 atom stereocenters. The Balaban J connectivity index is 2.71. The lowest BCUT2D eigenvalue weighted by molar-refractivity contribution is 0.282. The molecule has 0 spiro atoms. The molecule has 1 aromatic rings. The van der Waals surface area contributed by atoms with Crippen LogP contribution in [0.4, 0.5) is 11.8 Å². The largest absolute Gasteiger partial charge is 0.396 e. The number of aromatic nitrogens is 2. The minimum atomic E-state index is 0.178. The average Bonchev–Trinajstić information content (AvgIpc) is 2.17. The molecule has 0 aliphatic rings. The van der Waals surface area contributed by atoms with Gasteiger partial charge in [-0.1, -0.05) is 0 Å². The molecule has 3 N–H and O–H groups in total. The number of anilines is 2. The highest BCUT2D eigenvalue weighted by Crippen LogP contribution is 2.10. The van der Waals surface area contributed by atoms with Crippen LogP contribution >= 0.6 is 0 Å². The van der Waals surface area contributed by atoms with Crippen LogP contribution in [0.25, 0.3) is 0 Å². The summed E-state index contributed by atoms with van der Waals surface area (Å²) in [6.07, 6.45) is 0.706. The van der Waals surface area contributed by atoms with Crippen LogP contribution < -0.4 is 10.6 Å². The summed E-state index contributed by atoms with van der Waals surface area (Å²) in [6, 6.07) is 2.09. The van der Waals surface area contributed by atoms with Gasteiger partial charge in [-0.25, -0.2) is 4.98 Å². The fourth-order valence-corrected chi connectivity index (χ4v) is 1.27. The van der Waals surface area contributed by atoms with Gasteiger partial charge in [0.05, 0.1) is 0 Å². The maximum atomic E-state index is 8.78. The summed E-state index contributed by atoms with van der Waals surface area (Å²) < 4.78 is 0. The molecule has 5 nitrogen and oxygen atoms in total. The van der Waals surface area contributed by atoms with Crippen LogP contribution in [0.15, 0.2) is 6.07 Å². The Kier molecular flexibility index (Phi) is 4.30. The Morgan fingerprint density at radius 1 is 1.47 bits per heavy atom. The van der Waals surface area contributed by atoms with Crippen LogP contribution in [-0.4, -0.2) is 34.8 Å². The summed E-state index contributed by atoms with van der Waals surface area (Å²) in [5.41, 5.74) is 0.910. The lowest BCUT2D eigenvalue weighted by Crippen LogP contribution is -2.18.